The van der Waals surface area contributed by atoms with E-state index in [0.29, 0.717) is 31.0 Å². The van der Waals surface area contributed by atoms with E-state index >= 15 is 0 Å². The van der Waals surface area contributed by atoms with E-state index in [2.05, 4.69) is 5.32 Å². The third-order valence-corrected chi connectivity index (χ3v) is 6.20. The Balaban J connectivity index is 2.18. The highest BCUT2D eigenvalue weighted by Gasteiger charge is 2.22. The van der Waals surface area contributed by atoms with E-state index in [-0.39, 0.29) is 21.4 Å². The number of hydrogen-bond acceptors (Lipinski definition) is 5. The number of carbonyl (C=O) groups is 1. The van der Waals surface area contributed by atoms with Gasteiger partial charge in [-0.05, 0) is 48.9 Å². The fourth-order valence-electron chi connectivity index (χ4n) is 2.44. The molecule has 0 atom stereocenters. The van der Waals surface area contributed by atoms with Crippen molar-refractivity contribution in [3.63, 3.8) is 0 Å². The van der Waals surface area contributed by atoms with Gasteiger partial charge in [0.05, 0.1) is 28.3 Å². The molecule has 0 aliphatic carbocycles. The van der Waals surface area contributed by atoms with Crippen molar-refractivity contribution in [2.75, 3.05) is 38.7 Å². The molecule has 0 heterocycles. The molecule has 1 amide bonds. The molecule has 7 nitrogen and oxygen atoms in total. The molecule has 0 bridgehead atoms. The van der Waals surface area contributed by atoms with Gasteiger partial charge in [-0.25, -0.2) is 8.42 Å². The zero-order valence-corrected chi connectivity index (χ0v) is 17.5. The quantitative estimate of drug-likeness (QED) is 0.623. The van der Waals surface area contributed by atoms with Gasteiger partial charge in [0, 0.05) is 27.3 Å². The highest BCUT2D eigenvalue weighted by molar-refractivity contribution is 7.92. The Morgan fingerprint density at radius 1 is 1.14 bits per heavy atom. The maximum atomic E-state index is 12.8. The Hall–Kier alpha value is -2.29. The van der Waals surface area contributed by atoms with Gasteiger partial charge in [-0.3, -0.25) is 9.10 Å². The van der Waals surface area contributed by atoms with E-state index < -0.39 is 10.0 Å². The Morgan fingerprint density at radius 3 is 2.39 bits per heavy atom. The molecule has 9 heteroatoms. The Bertz CT molecular complexity index is 916. The highest BCUT2D eigenvalue weighted by atomic mass is 35.5. The smallest absolute Gasteiger partial charge is 0.264 e. The molecule has 1 N–H and O–H groups in total. The van der Waals surface area contributed by atoms with Crippen LogP contribution in [-0.2, 0) is 14.8 Å². The third-order valence-electron chi connectivity index (χ3n) is 4.09. The summed E-state index contributed by atoms with van der Waals surface area (Å²) in [7, 11) is 0.742. The summed E-state index contributed by atoms with van der Waals surface area (Å²) in [6.07, 6.45) is 0.681. The molecule has 28 heavy (non-hydrogen) atoms. The first-order chi connectivity index (χ1) is 13.3. The molecule has 0 aliphatic heterocycles. The molecule has 0 aliphatic rings. The van der Waals surface area contributed by atoms with Gasteiger partial charge in [0.25, 0.3) is 15.9 Å². The highest BCUT2D eigenvalue weighted by Crippen LogP contribution is 2.27. The molecule has 152 valence electrons. The van der Waals surface area contributed by atoms with Crippen molar-refractivity contribution in [1.82, 2.24) is 5.32 Å². The van der Waals surface area contributed by atoms with E-state index in [1.807, 2.05) is 0 Å². The van der Waals surface area contributed by atoms with Gasteiger partial charge in [0.15, 0.2) is 0 Å². The van der Waals surface area contributed by atoms with Crippen LogP contribution in [0.1, 0.15) is 16.8 Å². The van der Waals surface area contributed by atoms with E-state index in [0.717, 1.165) is 4.31 Å². The molecule has 2 rings (SSSR count). The molecular formula is C19H23ClN2O5S. The second kappa shape index (κ2) is 9.77. The number of amides is 1. The standard InChI is InChI=1S/C19H23ClN2O5S/c1-22(28(24,25)16-8-6-15(27-3)7-9-16)14-5-10-17(18(20)13-14)19(23)21-11-4-12-26-2/h5-10,13H,4,11-12H2,1-3H3,(H,21,23). The van der Waals surface area contributed by atoms with Crippen molar-refractivity contribution in [2.45, 2.75) is 11.3 Å². The Labute approximate surface area is 170 Å². The number of methoxy groups -OCH3 is 2. The lowest BCUT2D eigenvalue weighted by atomic mass is 10.2. The van der Waals surface area contributed by atoms with E-state index in [1.54, 1.807) is 19.2 Å². The monoisotopic (exact) mass is 426 g/mol. The lowest BCUT2D eigenvalue weighted by molar-refractivity contribution is 0.0949. The van der Waals surface area contributed by atoms with Crippen LogP contribution in [0.3, 0.4) is 0 Å². The molecule has 2 aromatic carbocycles. The zero-order chi connectivity index (χ0) is 20.7. The summed E-state index contributed by atoms with van der Waals surface area (Å²) in [6, 6.07) is 10.6. The zero-order valence-electron chi connectivity index (χ0n) is 15.9. The summed E-state index contributed by atoms with van der Waals surface area (Å²) in [4.78, 5) is 12.3. The summed E-state index contributed by atoms with van der Waals surface area (Å²) in [5.74, 6) is 0.235. The van der Waals surface area contributed by atoms with Crippen LogP contribution in [0.15, 0.2) is 47.4 Å². The molecule has 0 saturated carbocycles. The molecular weight excluding hydrogens is 404 g/mol. The average molecular weight is 427 g/mol. The number of halogens is 1. The van der Waals surface area contributed by atoms with Crippen molar-refractivity contribution < 1.29 is 22.7 Å². The summed E-state index contributed by atoms with van der Waals surface area (Å²) < 4.78 is 36.7. The second-order valence-electron chi connectivity index (χ2n) is 5.91. The SMILES string of the molecule is COCCCNC(=O)c1ccc(N(C)S(=O)(=O)c2ccc(OC)cc2)cc1Cl. The first kappa shape index (κ1) is 22.0. The predicted molar refractivity (Wildman–Crippen MR) is 109 cm³/mol. The molecule has 0 unspecified atom stereocenters. The van der Waals surface area contributed by atoms with E-state index in [1.165, 1.54) is 44.5 Å². The fourth-order valence-corrected chi connectivity index (χ4v) is 3.89. The number of benzene rings is 2. The molecule has 0 spiro atoms. The molecule has 0 saturated heterocycles. The van der Waals surface area contributed by atoms with Gasteiger partial charge >= 0.3 is 0 Å². The number of sulfonamides is 1. The minimum atomic E-state index is -3.78. The number of nitrogens with zero attached hydrogens (tertiary/aromatic N) is 1. The van der Waals surface area contributed by atoms with Gasteiger partial charge in [-0.1, -0.05) is 11.6 Å². The van der Waals surface area contributed by atoms with Crippen molar-refractivity contribution in [2.24, 2.45) is 0 Å². The van der Waals surface area contributed by atoms with Crippen LogP contribution in [0.25, 0.3) is 0 Å². The van der Waals surface area contributed by atoms with Gasteiger partial charge in [-0.15, -0.1) is 0 Å². The van der Waals surface area contributed by atoms with Crippen LogP contribution in [0, 0.1) is 0 Å². The molecule has 2 aromatic rings. The average Bonchev–Trinajstić information content (AvgIpc) is 2.70. The minimum Gasteiger partial charge on any atom is -0.497 e. The van der Waals surface area contributed by atoms with Crippen LogP contribution in [0.2, 0.25) is 5.02 Å². The summed E-state index contributed by atoms with van der Waals surface area (Å²) >= 11 is 6.22. The van der Waals surface area contributed by atoms with E-state index in [4.69, 9.17) is 21.1 Å². The van der Waals surface area contributed by atoms with Crippen LogP contribution < -0.4 is 14.4 Å². The van der Waals surface area contributed by atoms with Crippen molar-refractivity contribution >= 4 is 33.2 Å². The number of ether oxygens (including phenoxy) is 2. The maximum Gasteiger partial charge on any atom is 0.264 e. The van der Waals surface area contributed by atoms with Crippen LogP contribution in [0.5, 0.6) is 5.75 Å². The Morgan fingerprint density at radius 2 is 1.82 bits per heavy atom. The lowest BCUT2D eigenvalue weighted by Crippen LogP contribution is -2.27. The molecule has 0 fully saturated rings. The first-order valence-corrected chi connectivity index (χ1v) is 10.3. The first-order valence-electron chi connectivity index (χ1n) is 8.51. The van der Waals surface area contributed by atoms with Gasteiger partial charge in [0.1, 0.15) is 5.75 Å². The summed E-state index contributed by atoms with van der Waals surface area (Å²) in [6.45, 7) is 0.997. The largest absolute Gasteiger partial charge is 0.497 e. The van der Waals surface area contributed by atoms with Crippen molar-refractivity contribution in [1.29, 1.82) is 0 Å². The van der Waals surface area contributed by atoms with Crippen LogP contribution >= 0.6 is 11.6 Å². The number of nitrogens with one attached hydrogen (secondary N) is 1. The third kappa shape index (κ3) is 5.15. The van der Waals surface area contributed by atoms with Crippen molar-refractivity contribution in [3.05, 3.63) is 53.1 Å². The number of carbonyl (C=O) groups excluding carboxylic acids is 1. The number of anilines is 1. The van der Waals surface area contributed by atoms with Crippen LogP contribution in [0.4, 0.5) is 5.69 Å². The molecule has 0 aromatic heterocycles. The fraction of sp³-hybridized carbons (Fsp3) is 0.316. The Kier molecular flexibility index (Phi) is 7.68. The van der Waals surface area contributed by atoms with Crippen LogP contribution in [-0.4, -0.2) is 48.7 Å². The lowest BCUT2D eigenvalue weighted by Gasteiger charge is -2.20. The van der Waals surface area contributed by atoms with Gasteiger partial charge in [-0.2, -0.15) is 0 Å². The van der Waals surface area contributed by atoms with E-state index in [9.17, 15) is 13.2 Å². The van der Waals surface area contributed by atoms with Crippen molar-refractivity contribution in [3.8, 4) is 5.75 Å². The maximum absolute atomic E-state index is 12.8. The number of hydrogen-bond donors (Lipinski definition) is 1. The van der Waals surface area contributed by atoms with Gasteiger partial charge < -0.3 is 14.8 Å². The number of rotatable bonds is 9. The van der Waals surface area contributed by atoms with Gasteiger partial charge in [0.2, 0.25) is 0 Å². The topological polar surface area (TPSA) is 84.9 Å². The normalized spacial score (nSPS) is 11.1. The molecule has 0 radical (unpaired) electrons. The summed E-state index contributed by atoms with van der Waals surface area (Å²) in [5.41, 5.74) is 0.620. The second-order valence-corrected chi connectivity index (χ2v) is 8.29. The summed E-state index contributed by atoms with van der Waals surface area (Å²) in [5, 5.41) is 2.91. The minimum absolute atomic E-state index is 0.117. The predicted octanol–water partition coefficient (Wildman–Crippen LogP) is 2.94.